The number of halogens is 3. The zero-order chi connectivity index (χ0) is 22.7. The number of furan rings is 1. The van der Waals surface area contributed by atoms with Gasteiger partial charge in [-0.2, -0.15) is 13.2 Å². The maximum atomic E-state index is 13.0. The van der Waals surface area contributed by atoms with Crippen LogP contribution < -0.4 is 10.6 Å². The quantitative estimate of drug-likeness (QED) is 0.585. The van der Waals surface area contributed by atoms with Crippen LogP contribution in [-0.2, 0) is 6.18 Å². The number of carbonyl (C=O) groups excluding carboxylic acids is 2. The summed E-state index contributed by atoms with van der Waals surface area (Å²) in [6.45, 7) is 1.34. The summed E-state index contributed by atoms with van der Waals surface area (Å²) >= 11 is 0. The minimum Gasteiger partial charge on any atom is -0.451 e. The lowest BCUT2D eigenvalue weighted by molar-refractivity contribution is -0.136. The van der Waals surface area contributed by atoms with Gasteiger partial charge >= 0.3 is 12.2 Å². The molecule has 2 N–H and O–H groups in total. The van der Waals surface area contributed by atoms with E-state index in [1.54, 1.807) is 11.0 Å². The first-order valence-electron chi connectivity index (χ1n) is 10.3. The zero-order valence-electron chi connectivity index (χ0n) is 17.1. The Morgan fingerprint density at radius 2 is 1.72 bits per heavy atom. The fraction of sp³-hybridized carbons (Fsp3) is 0.304. The van der Waals surface area contributed by atoms with Gasteiger partial charge in [0.05, 0.1) is 11.3 Å². The van der Waals surface area contributed by atoms with Gasteiger partial charge in [-0.1, -0.05) is 30.3 Å². The summed E-state index contributed by atoms with van der Waals surface area (Å²) in [6.07, 6.45) is -3.21. The number of nitrogens with one attached hydrogen (secondary N) is 2. The number of fused-ring (bicyclic) bond motifs is 1. The Balaban J connectivity index is 1.26. The van der Waals surface area contributed by atoms with Crippen LogP contribution in [0.4, 0.5) is 23.7 Å². The molecule has 4 rings (SSSR count). The molecule has 0 unspecified atom stereocenters. The first kappa shape index (κ1) is 21.7. The Labute approximate surface area is 182 Å². The predicted molar refractivity (Wildman–Crippen MR) is 113 cm³/mol. The Kier molecular flexibility index (Phi) is 6.07. The van der Waals surface area contributed by atoms with Gasteiger partial charge < -0.3 is 20.0 Å². The molecular formula is C23H22F3N3O3. The highest BCUT2D eigenvalue weighted by Crippen LogP contribution is 2.34. The monoisotopic (exact) mass is 445 g/mol. The number of likely N-dealkylation sites (tertiary alicyclic amines) is 1. The topological polar surface area (TPSA) is 74.6 Å². The molecule has 0 spiro atoms. The molecule has 2 heterocycles. The molecule has 2 aromatic carbocycles. The highest BCUT2D eigenvalue weighted by atomic mass is 19.4. The third-order valence-electron chi connectivity index (χ3n) is 5.57. The number of piperidine rings is 1. The largest absolute Gasteiger partial charge is 0.451 e. The van der Waals surface area contributed by atoms with E-state index in [0.29, 0.717) is 43.8 Å². The van der Waals surface area contributed by atoms with E-state index in [1.807, 2.05) is 24.3 Å². The number of hydrogen-bond donors (Lipinski definition) is 2. The minimum atomic E-state index is -4.55. The second-order valence-electron chi connectivity index (χ2n) is 7.76. The second-order valence-corrected chi connectivity index (χ2v) is 7.76. The van der Waals surface area contributed by atoms with Gasteiger partial charge in [-0.3, -0.25) is 4.79 Å². The summed E-state index contributed by atoms with van der Waals surface area (Å²) in [5.41, 5.74) is -0.524. The number of anilines is 1. The average Bonchev–Trinajstić information content (AvgIpc) is 3.21. The number of benzene rings is 2. The fourth-order valence-electron chi connectivity index (χ4n) is 3.83. The molecule has 0 bridgehead atoms. The van der Waals surface area contributed by atoms with E-state index in [4.69, 9.17) is 4.42 Å². The van der Waals surface area contributed by atoms with E-state index >= 15 is 0 Å². The van der Waals surface area contributed by atoms with Crippen molar-refractivity contribution < 1.29 is 27.2 Å². The van der Waals surface area contributed by atoms with Crippen molar-refractivity contribution in [3.63, 3.8) is 0 Å². The smallest absolute Gasteiger partial charge is 0.418 e. The summed E-state index contributed by atoms with van der Waals surface area (Å²) in [5.74, 6) is 0.248. The highest BCUT2D eigenvalue weighted by molar-refractivity contribution is 5.96. The lowest BCUT2D eigenvalue weighted by Crippen LogP contribution is -2.42. The normalized spacial score (nSPS) is 15.0. The van der Waals surface area contributed by atoms with Crippen molar-refractivity contribution >= 4 is 28.6 Å². The van der Waals surface area contributed by atoms with Crippen molar-refractivity contribution in [2.24, 2.45) is 5.92 Å². The van der Waals surface area contributed by atoms with Gasteiger partial charge in [0.25, 0.3) is 5.91 Å². The Bertz CT molecular complexity index is 1090. The van der Waals surface area contributed by atoms with E-state index in [0.717, 1.165) is 11.5 Å². The number of carbonyl (C=O) groups is 2. The van der Waals surface area contributed by atoms with Crippen LogP contribution in [0.2, 0.25) is 0 Å². The van der Waals surface area contributed by atoms with E-state index in [9.17, 15) is 22.8 Å². The van der Waals surface area contributed by atoms with Crippen LogP contribution in [0.3, 0.4) is 0 Å². The molecule has 1 aromatic heterocycles. The minimum absolute atomic E-state index is 0.123. The van der Waals surface area contributed by atoms with Crippen LogP contribution >= 0.6 is 0 Å². The molecule has 3 aromatic rings. The number of rotatable bonds is 4. The molecule has 1 aliphatic rings. The van der Waals surface area contributed by atoms with E-state index in [2.05, 4.69) is 10.6 Å². The van der Waals surface area contributed by atoms with Gasteiger partial charge in [-0.15, -0.1) is 0 Å². The van der Waals surface area contributed by atoms with Crippen LogP contribution in [0.5, 0.6) is 0 Å². The van der Waals surface area contributed by atoms with Crippen LogP contribution in [0.25, 0.3) is 11.0 Å². The highest BCUT2D eigenvalue weighted by Gasteiger charge is 2.33. The Hall–Kier alpha value is -3.49. The SMILES string of the molecule is O=C(NCC1CCN(C(=O)c2cc3ccccc3o2)CC1)Nc1ccccc1C(F)(F)F. The summed E-state index contributed by atoms with van der Waals surface area (Å²) in [4.78, 5) is 26.5. The van der Waals surface area contributed by atoms with Crippen molar-refractivity contribution in [3.05, 3.63) is 65.9 Å². The molecule has 6 nitrogen and oxygen atoms in total. The molecule has 0 saturated carbocycles. The summed E-state index contributed by atoms with van der Waals surface area (Å²) in [6, 6.07) is 13.3. The van der Waals surface area contributed by atoms with Gasteiger partial charge in [0.15, 0.2) is 5.76 Å². The van der Waals surface area contributed by atoms with Crippen molar-refractivity contribution in [3.8, 4) is 0 Å². The average molecular weight is 445 g/mol. The first-order valence-corrected chi connectivity index (χ1v) is 10.3. The van der Waals surface area contributed by atoms with Gasteiger partial charge in [0.2, 0.25) is 0 Å². The maximum absolute atomic E-state index is 13.0. The predicted octanol–water partition coefficient (Wildman–Crippen LogP) is 5.13. The van der Waals surface area contributed by atoms with Gasteiger partial charge in [-0.05, 0) is 43.0 Å². The van der Waals surface area contributed by atoms with Crippen LogP contribution in [-0.4, -0.2) is 36.5 Å². The van der Waals surface area contributed by atoms with Gasteiger partial charge in [-0.25, -0.2) is 4.79 Å². The van der Waals surface area contributed by atoms with E-state index in [1.165, 1.54) is 18.2 Å². The third kappa shape index (κ3) is 4.87. The second kappa shape index (κ2) is 8.94. The number of alkyl halides is 3. The molecule has 0 aliphatic carbocycles. The fourth-order valence-corrected chi connectivity index (χ4v) is 3.83. The molecule has 1 fully saturated rings. The standard InChI is InChI=1S/C23H22F3N3O3/c24-23(25,26)17-6-2-3-7-18(17)28-22(31)27-14-15-9-11-29(12-10-15)21(30)20-13-16-5-1-4-8-19(16)32-20/h1-8,13,15H,9-12,14H2,(H2,27,28,31). The van der Waals surface area contributed by atoms with Crippen molar-refractivity contribution in [2.75, 3.05) is 25.0 Å². The zero-order valence-corrected chi connectivity index (χ0v) is 17.1. The third-order valence-corrected chi connectivity index (χ3v) is 5.57. The number of hydrogen-bond acceptors (Lipinski definition) is 3. The number of para-hydroxylation sites is 2. The van der Waals surface area contributed by atoms with Crippen molar-refractivity contribution in [1.82, 2.24) is 10.2 Å². The molecule has 32 heavy (non-hydrogen) atoms. The molecular weight excluding hydrogens is 423 g/mol. The summed E-state index contributed by atoms with van der Waals surface area (Å²) in [5, 5.41) is 5.77. The lowest BCUT2D eigenvalue weighted by atomic mass is 9.96. The summed E-state index contributed by atoms with van der Waals surface area (Å²) < 4.78 is 44.8. The molecule has 1 aliphatic heterocycles. The van der Waals surface area contributed by atoms with E-state index < -0.39 is 17.8 Å². The van der Waals surface area contributed by atoms with Crippen molar-refractivity contribution in [2.45, 2.75) is 19.0 Å². The Morgan fingerprint density at radius 1 is 1.03 bits per heavy atom. The van der Waals surface area contributed by atoms with E-state index in [-0.39, 0.29) is 17.5 Å². The van der Waals surface area contributed by atoms with Gasteiger partial charge in [0.1, 0.15) is 5.58 Å². The first-order chi connectivity index (χ1) is 15.3. The van der Waals surface area contributed by atoms with Gasteiger partial charge in [0, 0.05) is 25.0 Å². The number of urea groups is 1. The number of nitrogens with zero attached hydrogens (tertiary/aromatic N) is 1. The molecule has 9 heteroatoms. The van der Waals surface area contributed by atoms with Crippen LogP contribution in [0.15, 0.2) is 59.0 Å². The van der Waals surface area contributed by atoms with Crippen LogP contribution in [0, 0.1) is 5.92 Å². The van der Waals surface area contributed by atoms with Crippen LogP contribution in [0.1, 0.15) is 29.0 Å². The molecule has 1 saturated heterocycles. The molecule has 168 valence electrons. The summed E-state index contributed by atoms with van der Waals surface area (Å²) in [7, 11) is 0. The maximum Gasteiger partial charge on any atom is 0.418 e. The van der Waals surface area contributed by atoms with Crippen molar-refractivity contribution in [1.29, 1.82) is 0 Å². The Morgan fingerprint density at radius 3 is 2.44 bits per heavy atom. The lowest BCUT2D eigenvalue weighted by Gasteiger charge is -2.31. The molecule has 0 radical (unpaired) electrons. The molecule has 0 atom stereocenters. The molecule has 3 amide bonds. The number of amides is 3.